The fourth-order valence-electron chi connectivity index (χ4n) is 1.38. The Hall–Kier alpha value is -2.51. The molecule has 0 atom stereocenters. The molecule has 3 amide bonds. The number of urea groups is 1. The van der Waals surface area contributed by atoms with Crippen molar-refractivity contribution in [3.8, 4) is 0 Å². The second-order valence-electron chi connectivity index (χ2n) is 4.07. The van der Waals surface area contributed by atoms with Crippen LogP contribution < -0.4 is 10.6 Å². The summed E-state index contributed by atoms with van der Waals surface area (Å²) >= 11 is 0. The van der Waals surface area contributed by atoms with Gasteiger partial charge in [0.25, 0.3) is 0 Å². The van der Waals surface area contributed by atoms with Gasteiger partial charge in [-0.05, 0) is 12.1 Å². The van der Waals surface area contributed by atoms with Crippen molar-refractivity contribution in [1.29, 1.82) is 0 Å². The van der Waals surface area contributed by atoms with E-state index in [0.29, 0.717) is 5.76 Å². The average molecular weight is 283 g/mol. The van der Waals surface area contributed by atoms with Crippen LogP contribution in [0.3, 0.4) is 0 Å². The molecule has 1 aromatic rings. The van der Waals surface area contributed by atoms with E-state index in [9.17, 15) is 14.4 Å². The van der Waals surface area contributed by atoms with Crippen LogP contribution in [0.2, 0.25) is 0 Å². The van der Waals surface area contributed by atoms with E-state index in [2.05, 4.69) is 10.6 Å². The van der Waals surface area contributed by atoms with Gasteiger partial charge in [0.05, 0.1) is 6.54 Å². The van der Waals surface area contributed by atoms with Gasteiger partial charge in [-0.15, -0.1) is 0 Å². The van der Waals surface area contributed by atoms with E-state index in [0.717, 1.165) is 0 Å². The normalized spacial score (nSPS) is 9.90. The van der Waals surface area contributed by atoms with E-state index in [1.54, 1.807) is 7.05 Å². The molecule has 0 bridgehead atoms. The maximum absolute atomic E-state index is 11.7. The lowest BCUT2D eigenvalue weighted by molar-refractivity contribution is -0.120. The third-order valence-corrected chi connectivity index (χ3v) is 2.59. The molecule has 0 spiro atoms. The van der Waals surface area contributed by atoms with Gasteiger partial charge in [-0.1, -0.05) is 0 Å². The molecule has 0 aliphatic heterocycles. The monoisotopic (exact) mass is 283 g/mol. The van der Waals surface area contributed by atoms with Crippen LogP contribution in [-0.2, 0) is 11.3 Å². The lowest BCUT2D eigenvalue weighted by atomic mass is 10.4. The number of amides is 3. The molecule has 20 heavy (non-hydrogen) atoms. The summed E-state index contributed by atoms with van der Waals surface area (Å²) in [6, 6.07) is 2.43. The Bertz CT molecular complexity index is 497. The topological polar surface area (TPSA) is 112 Å². The summed E-state index contributed by atoms with van der Waals surface area (Å²) in [6.07, 6.45) is 0.213. The highest BCUT2D eigenvalue weighted by Crippen LogP contribution is 2.07. The number of carboxylic acid groups (broad SMARTS) is 1. The number of furan rings is 1. The summed E-state index contributed by atoms with van der Waals surface area (Å²) in [5, 5.41) is 13.7. The number of hydrogen-bond acceptors (Lipinski definition) is 4. The lowest BCUT2D eigenvalue weighted by Crippen LogP contribution is -2.38. The van der Waals surface area contributed by atoms with Gasteiger partial charge >= 0.3 is 12.0 Å². The number of nitrogens with one attached hydrogen (secondary N) is 2. The van der Waals surface area contributed by atoms with E-state index in [-0.39, 0.29) is 37.2 Å². The molecule has 0 saturated heterocycles. The Balaban J connectivity index is 2.38. The van der Waals surface area contributed by atoms with E-state index < -0.39 is 5.97 Å². The third kappa shape index (κ3) is 4.63. The molecular formula is C12H17N3O5. The van der Waals surface area contributed by atoms with Crippen molar-refractivity contribution in [3.05, 3.63) is 23.7 Å². The molecule has 0 aromatic carbocycles. The largest absolute Gasteiger partial charge is 0.475 e. The predicted molar refractivity (Wildman–Crippen MR) is 69.2 cm³/mol. The molecule has 8 heteroatoms. The minimum atomic E-state index is -1.16. The van der Waals surface area contributed by atoms with Crippen molar-refractivity contribution in [2.45, 2.75) is 13.0 Å². The van der Waals surface area contributed by atoms with Crippen molar-refractivity contribution in [2.24, 2.45) is 0 Å². The maximum atomic E-state index is 11.7. The zero-order valence-corrected chi connectivity index (χ0v) is 11.3. The average Bonchev–Trinajstić information content (AvgIpc) is 2.90. The van der Waals surface area contributed by atoms with Gasteiger partial charge in [-0.25, -0.2) is 9.59 Å². The Morgan fingerprint density at radius 1 is 1.35 bits per heavy atom. The molecule has 0 fully saturated rings. The van der Waals surface area contributed by atoms with Crippen molar-refractivity contribution >= 4 is 17.9 Å². The summed E-state index contributed by atoms with van der Waals surface area (Å²) in [5.41, 5.74) is 0. The maximum Gasteiger partial charge on any atom is 0.371 e. The lowest BCUT2D eigenvalue weighted by Gasteiger charge is -2.16. The Labute approximate surface area is 115 Å². The van der Waals surface area contributed by atoms with Crippen LogP contribution in [0.15, 0.2) is 16.5 Å². The van der Waals surface area contributed by atoms with Gasteiger partial charge in [0.1, 0.15) is 5.76 Å². The predicted octanol–water partition coefficient (Wildman–Crippen LogP) is 0.255. The first-order chi connectivity index (χ1) is 9.43. The molecular weight excluding hydrogens is 266 g/mol. The van der Waals surface area contributed by atoms with Gasteiger partial charge in [0.2, 0.25) is 11.7 Å². The molecule has 1 heterocycles. The number of nitrogens with zero attached hydrogens (tertiary/aromatic N) is 1. The second kappa shape index (κ2) is 7.17. The first-order valence-electron chi connectivity index (χ1n) is 5.95. The van der Waals surface area contributed by atoms with Crippen LogP contribution in [0.25, 0.3) is 0 Å². The zero-order valence-electron chi connectivity index (χ0n) is 11.3. The van der Waals surface area contributed by atoms with Gasteiger partial charge in [0.15, 0.2) is 0 Å². The molecule has 0 unspecified atom stereocenters. The molecule has 0 aliphatic rings. The molecule has 110 valence electrons. The minimum Gasteiger partial charge on any atom is -0.475 e. The standard InChI is InChI=1S/C12H17N3O5/c1-13-10(16)5-6-15(2)12(19)14-7-8-3-4-9(20-8)11(17)18/h3-4H,5-7H2,1-2H3,(H,13,16)(H,14,19)(H,17,18). The van der Waals surface area contributed by atoms with Crippen LogP contribution >= 0.6 is 0 Å². The number of carbonyl (C=O) groups is 3. The third-order valence-electron chi connectivity index (χ3n) is 2.59. The van der Waals surface area contributed by atoms with Gasteiger partial charge in [0, 0.05) is 27.1 Å². The Morgan fingerprint density at radius 3 is 2.60 bits per heavy atom. The smallest absolute Gasteiger partial charge is 0.371 e. The van der Waals surface area contributed by atoms with Gasteiger partial charge in [-0.2, -0.15) is 0 Å². The van der Waals surface area contributed by atoms with E-state index in [1.165, 1.54) is 24.1 Å². The van der Waals surface area contributed by atoms with Crippen LogP contribution in [0.4, 0.5) is 4.79 Å². The van der Waals surface area contributed by atoms with Crippen LogP contribution in [0, 0.1) is 0 Å². The Kier molecular flexibility index (Phi) is 5.57. The number of carbonyl (C=O) groups excluding carboxylic acids is 2. The molecule has 3 N–H and O–H groups in total. The highest BCUT2D eigenvalue weighted by atomic mass is 16.4. The fourth-order valence-corrected chi connectivity index (χ4v) is 1.38. The fraction of sp³-hybridized carbons (Fsp3) is 0.417. The zero-order chi connectivity index (χ0) is 15.1. The number of hydrogen-bond donors (Lipinski definition) is 3. The highest BCUT2D eigenvalue weighted by Gasteiger charge is 2.12. The van der Waals surface area contributed by atoms with E-state index >= 15 is 0 Å². The summed E-state index contributed by atoms with van der Waals surface area (Å²) < 4.78 is 4.99. The highest BCUT2D eigenvalue weighted by molar-refractivity contribution is 5.84. The Morgan fingerprint density at radius 2 is 2.05 bits per heavy atom. The molecule has 1 rings (SSSR count). The van der Waals surface area contributed by atoms with Crippen LogP contribution in [0.5, 0.6) is 0 Å². The second-order valence-corrected chi connectivity index (χ2v) is 4.07. The molecule has 0 aliphatic carbocycles. The van der Waals surface area contributed by atoms with Crippen molar-refractivity contribution in [2.75, 3.05) is 20.6 Å². The molecule has 0 radical (unpaired) electrons. The first-order valence-corrected chi connectivity index (χ1v) is 5.95. The summed E-state index contributed by atoms with van der Waals surface area (Å²) in [4.78, 5) is 34.7. The summed E-state index contributed by atoms with van der Waals surface area (Å²) in [7, 11) is 3.09. The van der Waals surface area contributed by atoms with E-state index in [4.69, 9.17) is 9.52 Å². The number of rotatable bonds is 6. The van der Waals surface area contributed by atoms with Gasteiger partial charge in [-0.3, -0.25) is 4.79 Å². The number of carboxylic acids is 1. The quantitative estimate of drug-likeness (QED) is 0.693. The molecule has 8 nitrogen and oxygen atoms in total. The van der Waals surface area contributed by atoms with E-state index in [1.807, 2.05) is 0 Å². The minimum absolute atomic E-state index is 0.0798. The van der Waals surface area contributed by atoms with Crippen LogP contribution in [0.1, 0.15) is 22.7 Å². The molecule has 1 aromatic heterocycles. The van der Waals surface area contributed by atoms with Crippen molar-refractivity contribution in [3.63, 3.8) is 0 Å². The SMILES string of the molecule is CNC(=O)CCN(C)C(=O)NCc1ccc(C(=O)O)o1. The van der Waals surface area contributed by atoms with Crippen molar-refractivity contribution in [1.82, 2.24) is 15.5 Å². The van der Waals surface area contributed by atoms with Gasteiger partial charge < -0.3 is 25.1 Å². The van der Waals surface area contributed by atoms with Crippen molar-refractivity contribution < 1.29 is 23.9 Å². The summed E-state index contributed by atoms with van der Waals surface area (Å²) in [5.74, 6) is -1.15. The summed E-state index contributed by atoms with van der Waals surface area (Å²) in [6.45, 7) is 0.362. The first kappa shape index (κ1) is 15.5. The molecule has 0 saturated carbocycles. The number of aromatic carboxylic acids is 1. The van der Waals surface area contributed by atoms with Crippen LogP contribution in [-0.4, -0.2) is 48.6 Å².